The second-order valence-corrected chi connectivity index (χ2v) is 9.76. The van der Waals surface area contributed by atoms with Crippen LogP contribution in [0.25, 0.3) is 0 Å². The van der Waals surface area contributed by atoms with Crippen LogP contribution in [-0.4, -0.2) is 36.1 Å². The molecule has 4 rings (SSSR count). The molecule has 1 fully saturated rings. The van der Waals surface area contributed by atoms with Crippen LogP contribution in [0.1, 0.15) is 42.0 Å². The van der Waals surface area contributed by atoms with Gasteiger partial charge in [-0.15, -0.1) is 0 Å². The van der Waals surface area contributed by atoms with E-state index in [0.29, 0.717) is 5.69 Å². The maximum atomic E-state index is 12.5. The van der Waals surface area contributed by atoms with E-state index < -0.39 is 15.7 Å². The summed E-state index contributed by atoms with van der Waals surface area (Å²) < 4.78 is 31.8. The zero-order chi connectivity index (χ0) is 22.6. The molecule has 32 heavy (non-hydrogen) atoms. The van der Waals surface area contributed by atoms with Crippen molar-refractivity contribution in [3.63, 3.8) is 0 Å². The molecule has 9 nitrogen and oxygen atoms in total. The van der Waals surface area contributed by atoms with E-state index in [-0.39, 0.29) is 40.7 Å². The number of nitrogens with zero attached hydrogens (tertiary/aromatic N) is 2. The lowest BCUT2D eigenvalue weighted by Crippen LogP contribution is -2.35. The Kier molecular flexibility index (Phi) is 6.40. The van der Waals surface area contributed by atoms with Gasteiger partial charge >= 0.3 is 0 Å². The third-order valence-corrected chi connectivity index (χ3v) is 6.89. The van der Waals surface area contributed by atoms with Crippen molar-refractivity contribution in [3.05, 3.63) is 66.4 Å². The zero-order valence-electron chi connectivity index (χ0n) is 17.4. The van der Waals surface area contributed by atoms with Gasteiger partial charge < -0.3 is 15.1 Å². The minimum absolute atomic E-state index is 0.0185. The first kappa shape index (κ1) is 21.8. The molecule has 2 aromatic heterocycles. The van der Waals surface area contributed by atoms with Crippen LogP contribution in [0.3, 0.4) is 0 Å². The highest BCUT2D eigenvalue weighted by atomic mass is 32.2. The van der Waals surface area contributed by atoms with Crippen LogP contribution in [0.2, 0.25) is 0 Å². The standard InChI is InChI=1S/C22H24N4O5S/c27-21(24-16-6-4-5-7-16)14-26-13-17(12-23-26)25-22(28)20-11-10-18(31-20)15-32(29,30)19-8-2-1-3-9-19/h1-3,8-13,16H,4-7,14-15H2,(H,24,27)(H,25,28). The molecule has 0 unspecified atom stereocenters. The molecule has 0 bridgehead atoms. The first-order valence-electron chi connectivity index (χ1n) is 10.4. The van der Waals surface area contributed by atoms with E-state index in [0.717, 1.165) is 25.7 Å². The lowest BCUT2D eigenvalue weighted by Gasteiger charge is -2.11. The molecular weight excluding hydrogens is 432 g/mol. The molecule has 0 radical (unpaired) electrons. The smallest absolute Gasteiger partial charge is 0.291 e. The second-order valence-electron chi connectivity index (χ2n) is 7.77. The van der Waals surface area contributed by atoms with Gasteiger partial charge in [0.05, 0.1) is 16.8 Å². The molecule has 0 aliphatic heterocycles. The van der Waals surface area contributed by atoms with Crippen molar-refractivity contribution in [3.8, 4) is 0 Å². The lowest BCUT2D eigenvalue weighted by atomic mass is 10.2. The molecule has 2 N–H and O–H groups in total. The number of hydrogen-bond donors (Lipinski definition) is 2. The number of nitrogens with one attached hydrogen (secondary N) is 2. The number of benzene rings is 1. The third kappa shape index (κ3) is 5.44. The molecule has 10 heteroatoms. The van der Waals surface area contributed by atoms with Crippen molar-refractivity contribution >= 4 is 27.3 Å². The van der Waals surface area contributed by atoms with Crippen molar-refractivity contribution < 1.29 is 22.4 Å². The van der Waals surface area contributed by atoms with Gasteiger partial charge in [0.25, 0.3) is 5.91 Å². The minimum atomic E-state index is -3.58. The number of carbonyl (C=O) groups is 2. The van der Waals surface area contributed by atoms with Crippen molar-refractivity contribution in [2.24, 2.45) is 0 Å². The summed E-state index contributed by atoms with van der Waals surface area (Å²) in [4.78, 5) is 24.8. The Morgan fingerprint density at radius 1 is 1.09 bits per heavy atom. The number of hydrogen-bond acceptors (Lipinski definition) is 6. The SMILES string of the molecule is O=C(Cn1cc(NC(=O)c2ccc(CS(=O)(=O)c3ccccc3)o2)cn1)NC1CCCC1. The molecule has 1 aliphatic carbocycles. The van der Waals surface area contributed by atoms with E-state index in [9.17, 15) is 18.0 Å². The summed E-state index contributed by atoms with van der Waals surface area (Å²) in [5.74, 6) is -0.858. The highest BCUT2D eigenvalue weighted by Gasteiger charge is 2.20. The second kappa shape index (κ2) is 9.39. The van der Waals surface area contributed by atoms with Gasteiger partial charge in [-0.25, -0.2) is 8.42 Å². The third-order valence-electron chi connectivity index (χ3n) is 5.24. The van der Waals surface area contributed by atoms with Gasteiger partial charge in [0, 0.05) is 12.2 Å². The van der Waals surface area contributed by atoms with Crippen molar-refractivity contribution in [2.45, 2.75) is 48.9 Å². The predicted molar refractivity (Wildman–Crippen MR) is 117 cm³/mol. The molecule has 2 heterocycles. The Morgan fingerprint density at radius 2 is 1.84 bits per heavy atom. The highest BCUT2D eigenvalue weighted by Crippen LogP contribution is 2.19. The highest BCUT2D eigenvalue weighted by molar-refractivity contribution is 7.90. The van der Waals surface area contributed by atoms with Gasteiger partial charge in [-0.2, -0.15) is 5.10 Å². The largest absolute Gasteiger partial charge is 0.455 e. The van der Waals surface area contributed by atoms with Gasteiger partial charge in [-0.05, 0) is 37.1 Å². The summed E-state index contributed by atoms with van der Waals surface area (Å²) in [5.41, 5.74) is 0.401. The lowest BCUT2D eigenvalue weighted by molar-refractivity contribution is -0.122. The zero-order valence-corrected chi connectivity index (χ0v) is 18.2. The number of rotatable bonds is 8. The van der Waals surface area contributed by atoms with Crippen LogP contribution in [-0.2, 0) is 26.9 Å². The van der Waals surface area contributed by atoms with Crippen molar-refractivity contribution in [1.29, 1.82) is 0 Å². The summed E-state index contributed by atoms with van der Waals surface area (Å²) in [6, 6.07) is 11.2. The topological polar surface area (TPSA) is 123 Å². The van der Waals surface area contributed by atoms with Crippen LogP contribution in [0.15, 0.2) is 64.2 Å². The fraction of sp³-hybridized carbons (Fsp3) is 0.318. The Bertz CT molecular complexity index is 1190. The van der Waals surface area contributed by atoms with Gasteiger partial charge in [-0.3, -0.25) is 14.3 Å². The molecule has 3 aromatic rings. The average Bonchev–Trinajstić information content (AvgIpc) is 3.52. The Labute approximate surface area is 185 Å². The molecular formula is C22H24N4O5S. The van der Waals surface area contributed by atoms with Crippen LogP contribution < -0.4 is 10.6 Å². The molecule has 168 valence electrons. The number of amides is 2. The van der Waals surface area contributed by atoms with Crippen molar-refractivity contribution in [2.75, 3.05) is 5.32 Å². The number of carbonyl (C=O) groups excluding carboxylic acids is 2. The van der Waals surface area contributed by atoms with Gasteiger partial charge in [0.1, 0.15) is 18.1 Å². The molecule has 1 aliphatic rings. The summed E-state index contributed by atoms with van der Waals surface area (Å²) >= 11 is 0. The minimum Gasteiger partial charge on any atom is -0.455 e. The summed E-state index contributed by atoms with van der Waals surface area (Å²) in [7, 11) is -3.58. The quantitative estimate of drug-likeness (QED) is 0.537. The van der Waals surface area contributed by atoms with E-state index in [1.807, 2.05) is 0 Å². The first-order chi connectivity index (χ1) is 15.4. The van der Waals surface area contributed by atoms with Crippen LogP contribution in [0, 0.1) is 0 Å². The van der Waals surface area contributed by atoms with E-state index in [2.05, 4.69) is 15.7 Å². The first-order valence-corrected chi connectivity index (χ1v) is 12.0. The van der Waals surface area contributed by atoms with Crippen LogP contribution >= 0.6 is 0 Å². The monoisotopic (exact) mass is 456 g/mol. The summed E-state index contributed by atoms with van der Waals surface area (Å²) in [6.45, 7) is 0.0641. The maximum absolute atomic E-state index is 12.5. The van der Waals surface area contributed by atoms with Gasteiger partial charge in [0.2, 0.25) is 5.91 Å². The Hall–Kier alpha value is -3.40. The fourth-order valence-corrected chi connectivity index (χ4v) is 4.94. The fourth-order valence-electron chi connectivity index (χ4n) is 3.67. The maximum Gasteiger partial charge on any atom is 0.291 e. The summed E-state index contributed by atoms with van der Waals surface area (Å²) in [5, 5.41) is 9.72. The molecule has 1 aromatic carbocycles. The van der Waals surface area contributed by atoms with Gasteiger partial charge in [-0.1, -0.05) is 31.0 Å². The number of aromatic nitrogens is 2. The van der Waals surface area contributed by atoms with Crippen molar-refractivity contribution in [1.82, 2.24) is 15.1 Å². The molecule has 0 spiro atoms. The molecule has 0 saturated heterocycles. The number of furan rings is 1. The van der Waals surface area contributed by atoms with Crippen LogP contribution in [0.4, 0.5) is 5.69 Å². The van der Waals surface area contributed by atoms with Gasteiger partial charge in [0.15, 0.2) is 15.6 Å². The predicted octanol–water partition coefficient (Wildman–Crippen LogP) is 2.76. The Balaban J connectivity index is 1.33. The number of anilines is 1. The van der Waals surface area contributed by atoms with E-state index in [1.54, 1.807) is 24.4 Å². The molecule has 2 amide bonds. The number of sulfone groups is 1. The molecule has 0 atom stereocenters. The Morgan fingerprint density at radius 3 is 2.59 bits per heavy atom. The van der Waals surface area contributed by atoms with E-state index >= 15 is 0 Å². The molecule has 1 saturated carbocycles. The van der Waals surface area contributed by atoms with E-state index in [4.69, 9.17) is 4.42 Å². The normalized spacial score (nSPS) is 14.4. The summed E-state index contributed by atoms with van der Waals surface area (Å²) in [6.07, 6.45) is 7.26. The average molecular weight is 457 g/mol. The van der Waals surface area contributed by atoms with Crippen LogP contribution in [0.5, 0.6) is 0 Å². The van der Waals surface area contributed by atoms with E-state index in [1.165, 1.54) is 35.1 Å².